The highest BCUT2D eigenvalue weighted by Gasteiger charge is 2.32. The van der Waals surface area contributed by atoms with Crippen molar-refractivity contribution in [3.63, 3.8) is 0 Å². The molecule has 0 unspecified atom stereocenters. The first-order valence-electron chi connectivity index (χ1n) is 13.4. The molecule has 0 radical (unpaired) electrons. The third-order valence-electron chi connectivity index (χ3n) is 7.61. The van der Waals surface area contributed by atoms with Crippen LogP contribution in [0.1, 0.15) is 40.3 Å². The molecule has 41 heavy (non-hydrogen) atoms. The van der Waals surface area contributed by atoms with E-state index in [-0.39, 0.29) is 29.8 Å². The summed E-state index contributed by atoms with van der Waals surface area (Å²) in [5.74, 6) is -0.106. The van der Waals surface area contributed by atoms with Crippen molar-refractivity contribution in [3.8, 4) is 5.75 Å². The van der Waals surface area contributed by atoms with Crippen molar-refractivity contribution in [1.29, 1.82) is 0 Å². The molecule has 0 amide bonds. The predicted molar refractivity (Wildman–Crippen MR) is 156 cm³/mol. The van der Waals surface area contributed by atoms with E-state index >= 15 is 0 Å². The maximum Gasteiger partial charge on any atom is 0.271 e. The van der Waals surface area contributed by atoms with Gasteiger partial charge < -0.3 is 4.74 Å². The smallest absolute Gasteiger partial charge is 0.271 e. The summed E-state index contributed by atoms with van der Waals surface area (Å²) in [6, 6.07) is 28.1. The van der Waals surface area contributed by atoms with Gasteiger partial charge in [0, 0.05) is 16.7 Å². The molecule has 4 nitrogen and oxygen atoms in total. The van der Waals surface area contributed by atoms with E-state index in [0.717, 1.165) is 35.2 Å². The Kier molecular flexibility index (Phi) is 6.44. The number of allylic oxidation sites excluding steroid dienone is 1. The van der Waals surface area contributed by atoms with Gasteiger partial charge in [-0.2, -0.15) is 0 Å². The minimum Gasteiger partial charge on any atom is -0.488 e. The first-order valence-corrected chi connectivity index (χ1v) is 14.2. The first-order chi connectivity index (χ1) is 20.1. The van der Waals surface area contributed by atoms with Crippen molar-refractivity contribution in [2.45, 2.75) is 25.5 Å². The largest absolute Gasteiger partial charge is 0.488 e. The van der Waals surface area contributed by atoms with Gasteiger partial charge in [0.05, 0.1) is 16.3 Å². The van der Waals surface area contributed by atoms with E-state index in [9.17, 15) is 13.6 Å². The highest BCUT2D eigenvalue weighted by atomic mass is 32.1. The number of hydrogen-bond acceptors (Lipinski definition) is 4. The Balaban J connectivity index is 1.36. The van der Waals surface area contributed by atoms with Gasteiger partial charge in [0.15, 0.2) is 4.80 Å². The molecule has 5 aromatic rings. The van der Waals surface area contributed by atoms with Gasteiger partial charge >= 0.3 is 0 Å². The standard InChI is InChI=1S/C34H24F2N2O2S/c35-25-16-13-22(14-17-25)32-27-18-15-21-7-1-4-10-26(21)31(27)37-34-38(32)33(39)30(41-34)19-23-8-3-6-12-29(23)40-20-24-9-2-5-11-28(24)36/h1-14,16-17,19,32H,15,18,20H2/b30-19+/t32-/m0/s1. The molecule has 1 atom stereocenters. The third kappa shape index (κ3) is 4.62. The zero-order valence-electron chi connectivity index (χ0n) is 21.9. The molecule has 0 saturated carbocycles. The highest BCUT2D eigenvalue weighted by molar-refractivity contribution is 7.07. The summed E-state index contributed by atoms with van der Waals surface area (Å²) in [5.41, 5.74) is 6.09. The number of thiazole rings is 1. The Morgan fingerprint density at radius 1 is 0.902 bits per heavy atom. The van der Waals surface area contributed by atoms with Gasteiger partial charge in [0.1, 0.15) is 24.0 Å². The second-order valence-electron chi connectivity index (χ2n) is 10.1. The Hall–Kier alpha value is -4.62. The molecule has 2 heterocycles. The van der Waals surface area contributed by atoms with Gasteiger partial charge in [-0.05, 0) is 59.9 Å². The molecule has 1 aliphatic heterocycles. The van der Waals surface area contributed by atoms with Crippen LogP contribution in [-0.2, 0) is 13.0 Å². The maximum absolute atomic E-state index is 14.2. The number of fused-ring (bicyclic) bond motifs is 3. The van der Waals surface area contributed by atoms with Gasteiger partial charge in [0.2, 0.25) is 0 Å². The summed E-state index contributed by atoms with van der Waals surface area (Å²) < 4.78 is 36.3. The summed E-state index contributed by atoms with van der Waals surface area (Å²) in [5, 5.41) is 0. The number of hydrogen-bond donors (Lipinski definition) is 0. The average Bonchev–Trinajstić information content (AvgIpc) is 3.31. The summed E-state index contributed by atoms with van der Waals surface area (Å²) >= 11 is 1.32. The molecule has 0 bridgehead atoms. The van der Waals surface area contributed by atoms with Gasteiger partial charge in [-0.25, -0.2) is 13.8 Å². The van der Waals surface area contributed by atoms with Crippen LogP contribution in [0.5, 0.6) is 5.75 Å². The molecule has 7 rings (SSSR count). The van der Waals surface area contributed by atoms with Crippen molar-refractivity contribution in [2.75, 3.05) is 0 Å². The molecule has 1 aromatic heterocycles. The molecule has 2 aliphatic rings. The number of nitrogens with zero attached hydrogens (tertiary/aromatic N) is 2. The minimum absolute atomic E-state index is 0.0650. The molecule has 0 spiro atoms. The first kappa shape index (κ1) is 25.4. The molecular formula is C34H24F2N2O2S. The molecular weight excluding hydrogens is 538 g/mol. The van der Waals surface area contributed by atoms with E-state index in [2.05, 4.69) is 12.1 Å². The van der Waals surface area contributed by atoms with Crippen LogP contribution in [0.2, 0.25) is 0 Å². The van der Waals surface area contributed by atoms with Crippen molar-refractivity contribution < 1.29 is 13.5 Å². The van der Waals surface area contributed by atoms with Crippen LogP contribution in [0.4, 0.5) is 8.78 Å². The fourth-order valence-electron chi connectivity index (χ4n) is 5.61. The number of aromatic nitrogens is 1. The molecule has 4 aromatic carbocycles. The second kappa shape index (κ2) is 10.4. The van der Waals surface area contributed by atoms with Gasteiger partial charge in [0.25, 0.3) is 5.56 Å². The average molecular weight is 563 g/mol. The van der Waals surface area contributed by atoms with Gasteiger partial charge in [-0.3, -0.25) is 9.36 Å². The van der Waals surface area contributed by atoms with Crippen LogP contribution in [0.15, 0.2) is 112 Å². The molecule has 0 N–H and O–H groups in total. The molecule has 1 aliphatic carbocycles. The van der Waals surface area contributed by atoms with E-state index in [4.69, 9.17) is 9.73 Å². The lowest BCUT2D eigenvalue weighted by molar-refractivity contribution is 0.299. The molecule has 7 heteroatoms. The molecule has 202 valence electrons. The van der Waals surface area contributed by atoms with Crippen molar-refractivity contribution >= 4 is 23.1 Å². The zero-order chi connectivity index (χ0) is 27.9. The maximum atomic E-state index is 14.2. The SMILES string of the molecule is O=c1/c(=C\c2ccccc2OCc2ccccc2F)sc2n1[C@@H](c1ccc(F)cc1)C1=C(N=2)c2ccccc2CC1. The van der Waals surface area contributed by atoms with Gasteiger partial charge in [-0.1, -0.05) is 84.1 Å². The monoisotopic (exact) mass is 562 g/mol. The number of para-hydroxylation sites is 1. The molecule has 0 saturated heterocycles. The van der Waals surface area contributed by atoms with E-state index in [0.29, 0.717) is 26.2 Å². The predicted octanol–water partition coefficient (Wildman–Crippen LogP) is 6.18. The number of ether oxygens (including phenoxy) is 1. The lowest BCUT2D eigenvalue weighted by Gasteiger charge is -2.30. The Morgan fingerprint density at radius 3 is 2.51 bits per heavy atom. The quantitative estimate of drug-likeness (QED) is 0.257. The van der Waals surface area contributed by atoms with Gasteiger partial charge in [-0.15, -0.1) is 0 Å². The molecule has 0 fully saturated rings. The topological polar surface area (TPSA) is 43.6 Å². The van der Waals surface area contributed by atoms with Crippen LogP contribution >= 0.6 is 11.3 Å². The summed E-state index contributed by atoms with van der Waals surface area (Å²) in [7, 11) is 0. The number of halogens is 2. The van der Waals surface area contributed by atoms with Crippen molar-refractivity contribution in [1.82, 2.24) is 4.57 Å². The van der Waals surface area contributed by atoms with E-state index in [1.165, 1.54) is 35.1 Å². The number of benzene rings is 4. The lowest BCUT2D eigenvalue weighted by atomic mass is 9.83. The van der Waals surface area contributed by atoms with E-state index in [1.807, 2.05) is 30.3 Å². The third-order valence-corrected chi connectivity index (χ3v) is 8.59. The normalized spacial score (nSPS) is 16.0. The zero-order valence-corrected chi connectivity index (χ0v) is 22.7. The minimum atomic E-state index is -0.384. The Bertz CT molecular complexity index is 2010. The number of aryl methyl sites for hydroxylation is 1. The van der Waals surface area contributed by atoms with E-state index < -0.39 is 0 Å². The fourth-order valence-corrected chi connectivity index (χ4v) is 6.60. The Labute approximate surface area is 238 Å². The highest BCUT2D eigenvalue weighted by Crippen LogP contribution is 2.41. The lowest BCUT2D eigenvalue weighted by Crippen LogP contribution is -2.38. The van der Waals surface area contributed by atoms with Crippen molar-refractivity contribution in [3.05, 3.63) is 162 Å². The van der Waals surface area contributed by atoms with Crippen LogP contribution < -0.4 is 19.6 Å². The Morgan fingerprint density at radius 2 is 1.66 bits per heavy atom. The van der Waals surface area contributed by atoms with Crippen LogP contribution in [0.3, 0.4) is 0 Å². The van der Waals surface area contributed by atoms with Crippen LogP contribution in [-0.4, -0.2) is 4.57 Å². The van der Waals surface area contributed by atoms with Crippen LogP contribution in [0, 0.1) is 11.6 Å². The summed E-state index contributed by atoms with van der Waals surface area (Å²) in [6.45, 7) is 0.0650. The summed E-state index contributed by atoms with van der Waals surface area (Å²) in [4.78, 5) is 19.6. The van der Waals surface area contributed by atoms with Crippen molar-refractivity contribution in [2.24, 2.45) is 4.99 Å². The summed E-state index contributed by atoms with van der Waals surface area (Å²) in [6.07, 6.45) is 3.41. The van der Waals surface area contributed by atoms with Crippen LogP contribution in [0.25, 0.3) is 11.8 Å². The van der Waals surface area contributed by atoms with E-state index in [1.54, 1.807) is 47.0 Å². The second-order valence-corrected chi connectivity index (χ2v) is 11.1. The fraction of sp³-hybridized carbons (Fsp3) is 0.118. The number of rotatable bonds is 5.